The highest BCUT2D eigenvalue weighted by Gasteiger charge is 2.42. The van der Waals surface area contributed by atoms with Crippen LogP contribution in [0.4, 0.5) is 0 Å². The van der Waals surface area contributed by atoms with Crippen LogP contribution < -0.4 is 0 Å². The molecule has 2 bridgehead atoms. The Morgan fingerprint density at radius 3 is 2.50 bits per heavy atom. The van der Waals surface area contributed by atoms with Gasteiger partial charge in [-0.25, -0.2) is 0 Å². The minimum Gasteiger partial charge on any atom is -0.336 e. The van der Waals surface area contributed by atoms with Crippen molar-refractivity contribution in [2.24, 2.45) is 5.92 Å². The molecule has 0 aliphatic carbocycles. The van der Waals surface area contributed by atoms with Crippen molar-refractivity contribution in [3.63, 3.8) is 0 Å². The third-order valence-electron chi connectivity index (χ3n) is 5.38. The summed E-state index contributed by atoms with van der Waals surface area (Å²) in [7, 11) is 0. The Kier molecular flexibility index (Phi) is 4.68. The maximum absolute atomic E-state index is 13.0. The number of hydrogen-bond donors (Lipinski definition) is 0. The predicted octanol–water partition coefficient (Wildman–Crippen LogP) is 3.60. The van der Waals surface area contributed by atoms with Gasteiger partial charge in [0.1, 0.15) is 0 Å². The smallest absolute Gasteiger partial charge is 0.255 e. The first-order valence-electron chi connectivity index (χ1n) is 9.01. The second-order valence-corrected chi connectivity index (χ2v) is 7.48. The Balaban J connectivity index is 1.57. The number of carbonyl (C=O) groups is 2. The number of piperidine rings is 1. The van der Waals surface area contributed by atoms with Gasteiger partial charge in [0, 0.05) is 25.7 Å². The second kappa shape index (κ2) is 7.12. The highest BCUT2D eigenvalue weighted by molar-refractivity contribution is 6.33. The van der Waals surface area contributed by atoms with Gasteiger partial charge in [0.25, 0.3) is 5.91 Å². The Bertz CT molecular complexity index is 824. The molecule has 26 heavy (non-hydrogen) atoms. The standard InChI is InChI=1S/C21H21ClN2O2/c22-19-9-5-4-8-18(19)21(26)23-13-16-10-11-17(14-23)24(20(16)25)12-15-6-2-1-3-7-15/h1-9,16-17H,10-14H2/t16-,17+/m1/s1. The Hall–Kier alpha value is -2.33. The van der Waals surface area contributed by atoms with Gasteiger partial charge < -0.3 is 9.80 Å². The van der Waals surface area contributed by atoms with Crippen molar-refractivity contribution < 1.29 is 9.59 Å². The quantitative estimate of drug-likeness (QED) is 0.830. The Labute approximate surface area is 158 Å². The van der Waals surface area contributed by atoms with Crippen LogP contribution in [0.25, 0.3) is 0 Å². The lowest BCUT2D eigenvalue weighted by Crippen LogP contribution is -2.47. The molecule has 5 heteroatoms. The molecule has 0 N–H and O–H groups in total. The van der Waals surface area contributed by atoms with E-state index in [0.717, 1.165) is 18.4 Å². The topological polar surface area (TPSA) is 40.6 Å². The first-order chi connectivity index (χ1) is 12.6. The lowest BCUT2D eigenvalue weighted by atomic mass is 9.93. The number of rotatable bonds is 3. The van der Waals surface area contributed by atoms with E-state index in [4.69, 9.17) is 11.6 Å². The lowest BCUT2D eigenvalue weighted by Gasteiger charge is -2.36. The zero-order chi connectivity index (χ0) is 18.1. The van der Waals surface area contributed by atoms with Gasteiger partial charge in [0.05, 0.1) is 16.5 Å². The molecule has 2 aromatic rings. The third-order valence-corrected chi connectivity index (χ3v) is 5.71. The van der Waals surface area contributed by atoms with Crippen LogP contribution in [0.5, 0.6) is 0 Å². The van der Waals surface area contributed by atoms with E-state index in [1.54, 1.807) is 12.1 Å². The molecule has 3 aliphatic rings. The molecule has 0 spiro atoms. The maximum Gasteiger partial charge on any atom is 0.255 e. The van der Waals surface area contributed by atoms with Crippen LogP contribution in [-0.2, 0) is 11.3 Å². The molecule has 5 rings (SSSR count). The third kappa shape index (κ3) is 3.21. The van der Waals surface area contributed by atoms with E-state index in [-0.39, 0.29) is 23.8 Å². The summed E-state index contributed by atoms with van der Waals surface area (Å²) in [4.78, 5) is 29.7. The SMILES string of the molecule is O=C(c1ccccc1Cl)N1C[C@H]2CC[C@@H](C1)N(Cc1ccccc1)C2=O. The van der Waals surface area contributed by atoms with Crippen LogP contribution in [0.1, 0.15) is 28.8 Å². The average molecular weight is 369 g/mol. The molecule has 0 radical (unpaired) electrons. The number of carbonyl (C=O) groups excluding carboxylic acids is 2. The summed E-state index contributed by atoms with van der Waals surface area (Å²) in [5.41, 5.74) is 1.63. The number of halogens is 1. The highest BCUT2D eigenvalue weighted by Crippen LogP contribution is 2.31. The van der Waals surface area contributed by atoms with Gasteiger partial charge >= 0.3 is 0 Å². The van der Waals surface area contributed by atoms with Crippen molar-refractivity contribution in [3.8, 4) is 0 Å². The molecule has 3 fully saturated rings. The number of hydrogen-bond acceptors (Lipinski definition) is 2. The van der Waals surface area contributed by atoms with Gasteiger partial charge in [-0.3, -0.25) is 9.59 Å². The van der Waals surface area contributed by atoms with Crippen molar-refractivity contribution in [1.29, 1.82) is 0 Å². The maximum atomic E-state index is 13.0. The fraction of sp³-hybridized carbons (Fsp3) is 0.333. The van der Waals surface area contributed by atoms with E-state index in [9.17, 15) is 9.59 Å². The molecule has 0 unspecified atom stereocenters. The van der Waals surface area contributed by atoms with Crippen LogP contribution in [0.2, 0.25) is 5.02 Å². The molecule has 0 saturated carbocycles. The van der Waals surface area contributed by atoms with E-state index < -0.39 is 0 Å². The first-order valence-corrected chi connectivity index (χ1v) is 9.39. The molecule has 0 aromatic heterocycles. The normalized spacial score (nSPS) is 22.4. The summed E-state index contributed by atoms with van der Waals surface area (Å²) in [6.07, 6.45) is 1.79. The number of amides is 2. The van der Waals surface area contributed by atoms with E-state index in [1.165, 1.54) is 0 Å². The molecule has 3 heterocycles. The van der Waals surface area contributed by atoms with E-state index in [0.29, 0.717) is 30.2 Å². The first kappa shape index (κ1) is 17.1. The van der Waals surface area contributed by atoms with Crippen LogP contribution in [0, 0.1) is 5.92 Å². The summed E-state index contributed by atoms with van der Waals surface area (Å²) in [6, 6.07) is 17.2. The van der Waals surface area contributed by atoms with Crippen LogP contribution >= 0.6 is 11.6 Å². The number of nitrogens with zero attached hydrogens (tertiary/aromatic N) is 2. The molecule has 4 nitrogen and oxygen atoms in total. The summed E-state index contributed by atoms with van der Waals surface area (Å²) in [6.45, 7) is 1.65. The van der Waals surface area contributed by atoms with Gasteiger partial charge in [-0.1, -0.05) is 54.1 Å². The lowest BCUT2D eigenvalue weighted by molar-refractivity contribution is -0.140. The number of fused-ring (bicyclic) bond motifs is 4. The van der Waals surface area contributed by atoms with Crippen molar-refractivity contribution in [3.05, 3.63) is 70.7 Å². The van der Waals surface area contributed by atoms with Crippen molar-refractivity contribution in [2.45, 2.75) is 25.4 Å². The summed E-state index contributed by atoms with van der Waals surface area (Å²) in [5, 5.41) is 0.460. The van der Waals surface area contributed by atoms with E-state index >= 15 is 0 Å². The minimum atomic E-state index is -0.121. The van der Waals surface area contributed by atoms with Crippen molar-refractivity contribution in [2.75, 3.05) is 13.1 Å². The summed E-state index contributed by atoms with van der Waals surface area (Å²) in [5.74, 6) is -0.0367. The van der Waals surface area contributed by atoms with Gasteiger partial charge in [-0.15, -0.1) is 0 Å². The van der Waals surface area contributed by atoms with Gasteiger partial charge in [0.2, 0.25) is 5.91 Å². The molecule has 2 amide bonds. The predicted molar refractivity (Wildman–Crippen MR) is 101 cm³/mol. The van der Waals surface area contributed by atoms with Crippen molar-refractivity contribution >= 4 is 23.4 Å². The van der Waals surface area contributed by atoms with E-state index in [2.05, 4.69) is 0 Å². The Morgan fingerprint density at radius 1 is 1.00 bits per heavy atom. The van der Waals surface area contributed by atoms with Crippen LogP contribution in [0.3, 0.4) is 0 Å². The largest absolute Gasteiger partial charge is 0.336 e. The second-order valence-electron chi connectivity index (χ2n) is 7.07. The average Bonchev–Trinajstić information content (AvgIpc) is 2.95. The molecule has 2 aromatic carbocycles. The molecule has 3 aliphatic heterocycles. The molecule has 134 valence electrons. The molecule has 2 atom stereocenters. The fourth-order valence-corrected chi connectivity index (χ4v) is 4.22. The van der Waals surface area contributed by atoms with Crippen molar-refractivity contribution in [1.82, 2.24) is 9.80 Å². The van der Waals surface area contributed by atoms with Gasteiger partial charge in [-0.05, 0) is 30.5 Å². The van der Waals surface area contributed by atoms with Crippen LogP contribution in [-0.4, -0.2) is 40.7 Å². The summed E-state index contributed by atoms with van der Waals surface area (Å²) < 4.78 is 0. The van der Waals surface area contributed by atoms with Crippen LogP contribution in [0.15, 0.2) is 54.6 Å². The Morgan fingerprint density at radius 2 is 1.73 bits per heavy atom. The summed E-state index contributed by atoms with van der Waals surface area (Å²) >= 11 is 6.21. The monoisotopic (exact) mass is 368 g/mol. The van der Waals surface area contributed by atoms with E-state index in [1.807, 2.05) is 52.3 Å². The zero-order valence-corrected chi connectivity index (χ0v) is 15.2. The van der Waals surface area contributed by atoms with Gasteiger partial charge in [0.15, 0.2) is 0 Å². The van der Waals surface area contributed by atoms with Gasteiger partial charge in [-0.2, -0.15) is 0 Å². The number of benzene rings is 2. The molecular formula is C21H21ClN2O2. The fourth-order valence-electron chi connectivity index (χ4n) is 4.00. The molecule has 3 saturated heterocycles. The highest BCUT2D eigenvalue weighted by atomic mass is 35.5. The zero-order valence-electron chi connectivity index (χ0n) is 14.5. The minimum absolute atomic E-state index is 0.0629. The molecular weight excluding hydrogens is 348 g/mol.